The average molecular weight is 356 g/mol. The van der Waals surface area contributed by atoms with Crippen LogP contribution in [-0.2, 0) is 4.74 Å². The number of nitrogens with zero attached hydrogens (tertiary/aromatic N) is 2. The smallest absolute Gasteiger partial charge is 0.343 e. The highest BCUT2D eigenvalue weighted by Crippen LogP contribution is 2.19. The Morgan fingerprint density at radius 3 is 2.23 bits per heavy atom. The minimum Gasteiger partial charge on any atom is -0.465 e. The first-order valence-electron chi connectivity index (χ1n) is 7.65. The number of esters is 1. The van der Waals surface area contributed by atoms with Crippen molar-refractivity contribution in [2.45, 2.75) is 6.92 Å². The number of hydrogen-bond acceptors (Lipinski definition) is 4. The SMILES string of the molecule is COC(=O)c1cc(-c2ccc(C)cc2)nn(-c2cc(F)cc(F)c2)c1=O. The molecule has 0 fully saturated rings. The van der Waals surface area contributed by atoms with Crippen LogP contribution in [0, 0.1) is 18.6 Å². The molecule has 0 radical (unpaired) electrons. The zero-order valence-corrected chi connectivity index (χ0v) is 14.0. The van der Waals surface area contributed by atoms with Crippen LogP contribution in [0.4, 0.5) is 8.78 Å². The van der Waals surface area contributed by atoms with Crippen LogP contribution in [0.2, 0.25) is 0 Å². The van der Waals surface area contributed by atoms with Gasteiger partial charge in [0.2, 0.25) is 0 Å². The number of ether oxygens (including phenoxy) is 1. The highest BCUT2D eigenvalue weighted by atomic mass is 19.1. The van der Waals surface area contributed by atoms with Gasteiger partial charge in [0.1, 0.15) is 17.2 Å². The van der Waals surface area contributed by atoms with Gasteiger partial charge in [-0.3, -0.25) is 4.79 Å². The summed E-state index contributed by atoms with van der Waals surface area (Å²) in [4.78, 5) is 24.6. The van der Waals surface area contributed by atoms with Crippen LogP contribution in [-0.4, -0.2) is 22.9 Å². The van der Waals surface area contributed by atoms with Crippen molar-refractivity contribution in [3.05, 3.63) is 81.6 Å². The quantitative estimate of drug-likeness (QED) is 0.676. The van der Waals surface area contributed by atoms with Crippen molar-refractivity contribution in [1.82, 2.24) is 9.78 Å². The summed E-state index contributed by atoms with van der Waals surface area (Å²) in [6.07, 6.45) is 0. The summed E-state index contributed by atoms with van der Waals surface area (Å²) in [5.41, 5.74) is 0.676. The maximum atomic E-state index is 13.6. The Labute approximate surface area is 147 Å². The molecule has 2 aromatic carbocycles. The lowest BCUT2D eigenvalue weighted by Gasteiger charge is -2.10. The number of hydrogen-bond donors (Lipinski definition) is 0. The van der Waals surface area contributed by atoms with Crippen LogP contribution in [0.15, 0.2) is 53.3 Å². The number of aromatic nitrogens is 2. The van der Waals surface area contributed by atoms with E-state index >= 15 is 0 Å². The molecule has 3 rings (SSSR count). The van der Waals surface area contributed by atoms with E-state index in [1.54, 1.807) is 12.1 Å². The molecule has 5 nitrogen and oxygen atoms in total. The lowest BCUT2D eigenvalue weighted by atomic mass is 10.1. The van der Waals surface area contributed by atoms with Crippen LogP contribution in [0.5, 0.6) is 0 Å². The van der Waals surface area contributed by atoms with E-state index in [1.165, 1.54) is 6.07 Å². The van der Waals surface area contributed by atoms with E-state index in [4.69, 9.17) is 0 Å². The molecule has 1 aromatic heterocycles. The highest BCUT2D eigenvalue weighted by molar-refractivity contribution is 5.90. The molecule has 0 saturated carbocycles. The fourth-order valence-electron chi connectivity index (χ4n) is 2.45. The number of rotatable bonds is 3. The number of benzene rings is 2. The predicted octanol–water partition coefficient (Wildman–Crippen LogP) is 3.27. The molecule has 0 spiro atoms. The molecule has 0 aliphatic carbocycles. The van der Waals surface area contributed by atoms with Crippen molar-refractivity contribution in [2.75, 3.05) is 7.11 Å². The lowest BCUT2D eigenvalue weighted by Crippen LogP contribution is -2.28. The largest absolute Gasteiger partial charge is 0.465 e. The van der Waals surface area contributed by atoms with E-state index in [0.717, 1.165) is 29.5 Å². The van der Waals surface area contributed by atoms with Gasteiger partial charge in [-0.25, -0.2) is 13.6 Å². The van der Waals surface area contributed by atoms with Gasteiger partial charge in [-0.2, -0.15) is 9.78 Å². The summed E-state index contributed by atoms with van der Waals surface area (Å²) in [6, 6.07) is 11.1. The van der Waals surface area contributed by atoms with Gasteiger partial charge in [0.25, 0.3) is 5.56 Å². The third-order valence-electron chi connectivity index (χ3n) is 3.76. The first-order valence-corrected chi connectivity index (χ1v) is 7.65. The van der Waals surface area contributed by atoms with E-state index in [-0.39, 0.29) is 16.9 Å². The molecular formula is C19H14F2N2O3. The van der Waals surface area contributed by atoms with Crippen molar-refractivity contribution < 1.29 is 18.3 Å². The third kappa shape index (κ3) is 3.37. The van der Waals surface area contributed by atoms with Crippen molar-refractivity contribution in [3.63, 3.8) is 0 Å². The van der Waals surface area contributed by atoms with Gasteiger partial charge in [0.05, 0.1) is 18.5 Å². The number of aryl methyl sites for hydroxylation is 1. The van der Waals surface area contributed by atoms with Crippen LogP contribution >= 0.6 is 0 Å². The molecule has 7 heteroatoms. The molecule has 132 valence electrons. The summed E-state index contributed by atoms with van der Waals surface area (Å²) in [5, 5.41) is 4.17. The lowest BCUT2D eigenvalue weighted by molar-refractivity contribution is 0.0598. The summed E-state index contributed by atoms with van der Waals surface area (Å²) < 4.78 is 32.6. The fraction of sp³-hybridized carbons (Fsp3) is 0.105. The fourth-order valence-corrected chi connectivity index (χ4v) is 2.45. The van der Waals surface area contributed by atoms with E-state index in [1.807, 2.05) is 19.1 Å². The molecule has 0 aliphatic heterocycles. The first kappa shape index (κ1) is 17.5. The molecule has 0 N–H and O–H groups in total. The minimum absolute atomic E-state index is 0.133. The molecule has 0 saturated heterocycles. The van der Waals surface area contributed by atoms with Crippen LogP contribution in [0.3, 0.4) is 0 Å². The Morgan fingerprint density at radius 2 is 1.65 bits per heavy atom. The van der Waals surface area contributed by atoms with Gasteiger partial charge in [-0.15, -0.1) is 0 Å². The standard InChI is InChI=1S/C19H14F2N2O3/c1-11-3-5-12(6-4-11)17-10-16(19(25)26-2)18(24)23(22-17)15-8-13(20)7-14(21)9-15/h3-10H,1-2H3. The molecular weight excluding hydrogens is 342 g/mol. The Morgan fingerprint density at radius 1 is 1.04 bits per heavy atom. The second-order valence-electron chi connectivity index (χ2n) is 5.65. The van der Waals surface area contributed by atoms with E-state index < -0.39 is 23.2 Å². The summed E-state index contributed by atoms with van der Waals surface area (Å²) in [7, 11) is 1.14. The third-order valence-corrected chi connectivity index (χ3v) is 3.76. The van der Waals surface area contributed by atoms with Crippen molar-refractivity contribution in [2.24, 2.45) is 0 Å². The maximum Gasteiger partial charge on any atom is 0.343 e. The van der Waals surface area contributed by atoms with E-state index in [0.29, 0.717) is 11.6 Å². The normalized spacial score (nSPS) is 10.6. The Bertz CT molecular complexity index is 1020. The van der Waals surface area contributed by atoms with Crippen LogP contribution in [0.1, 0.15) is 15.9 Å². The highest BCUT2D eigenvalue weighted by Gasteiger charge is 2.18. The van der Waals surface area contributed by atoms with Gasteiger partial charge < -0.3 is 4.74 Å². The van der Waals surface area contributed by atoms with Gasteiger partial charge >= 0.3 is 5.97 Å². The number of halogens is 2. The molecule has 0 bridgehead atoms. The van der Waals surface area contributed by atoms with Crippen molar-refractivity contribution in [1.29, 1.82) is 0 Å². The van der Waals surface area contributed by atoms with Crippen LogP contribution in [0.25, 0.3) is 16.9 Å². The molecule has 0 aliphatic rings. The molecule has 0 amide bonds. The zero-order valence-electron chi connectivity index (χ0n) is 14.0. The monoisotopic (exact) mass is 356 g/mol. The van der Waals surface area contributed by atoms with Crippen molar-refractivity contribution >= 4 is 5.97 Å². The van der Waals surface area contributed by atoms with Gasteiger partial charge in [0.15, 0.2) is 0 Å². The van der Waals surface area contributed by atoms with E-state index in [2.05, 4.69) is 9.84 Å². The summed E-state index contributed by atoms with van der Waals surface area (Å²) in [6.45, 7) is 1.91. The number of methoxy groups -OCH3 is 1. The Hall–Kier alpha value is -3.35. The van der Waals surface area contributed by atoms with Crippen molar-refractivity contribution in [3.8, 4) is 16.9 Å². The maximum absolute atomic E-state index is 13.6. The number of carbonyl (C=O) groups is 1. The van der Waals surface area contributed by atoms with Gasteiger partial charge in [0, 0.05) is 11.6 Å². The zero-order chi connectivity index (χ0) is 18.8. The Balaban J connectivity index is 2.29. The summed E-state index contributed by atoms with van der Waals surface area (Å²) >= 11 is 0. The summed E-state index contributed by atoms with van der Waals surface area (Å²) in [5.74, 6) is -2.60. The number of carbonyl (C=O) groups excluding carboxylic acids is 1. The van der Waals surface area contributed by atoms with Crippen LogP contribution < -0.4 is 5.56 Å². The van der Waals surface area contributed by atoms with E-state index in [9.17, 15) is 18.4 Å². The molecule has 26 heavy (non-hydrogen) atoms. The van der Waals surface area contributed by atoms with Gasteiger partial charge in [-0.05, 0) is 25.1 Å². The first-order chi connectivity index (χ1) is 12.4. The topological polar surface area (TPSA) is 61.2 Å². The Kier molecular flexibility index (Phi) is 4.62. The van der Waals surface area contributed by atoms with Gasteiger partial charge in [-0.1, -0.05) is 29.8 Å². The second kappa shape index (κ2) is 6.87. The molecule has 1 heterocycles. The molecule has 3 aromatic rings. The minimum atomic E-state index is -0.867. The average Bonchev–Trinajstić information content (AvgIpc) is 2.61. The molecule has 0 atom stereocenters. The second-order valence-corrected chi connectivity index (χ2v) is 5.65. The predicted molar refractivity (Wildman–Crippen MR) is 91.3 cm³/mol. The molecule has 0 unspecified atom stereocenters.